The van der Waals surface area contributed by atoms with E-state index in [2.05, 4.69) is 6.58 Å². The summed E-state index contributed by atoms with van der Waals surface area (Å²) in [5.41, 5.74) is 2.84. The molecule has 0 fully saturated rings. The molecule has 3 nitrogen and oxygen atoms in total. The summed E-state index contributed by atoms with van der Waals surface area (Å²) in [6, 6.07) is 23.4. The van der Waals surface area contributed by atoms with E-state index in [0.717, 1.165) is 11.1 Å². The second kappa shape index (κ2) is 6.95. The van der Waals surface area contributed by atoms with Crippen molar-refractivity contribution in [2.24, 2.45) is 0 Å². The molecule has 1 N–H and O–H groups in total. The van der Waals surface area contributed by atoms with Gasteiger partial charge in [0.1, 0.15) is 5.76 Å². The van der Waals surface area contributed by atoms with Crippen molar-refractivity contribution >= 4 is 15.6 Å². The Morgan fingerprint density at radius 1 is 0.840 bits per heavy atom. The number of aliphatic hydroxyl groups excluding tert-OH is 1. The predicted molar refractivity (Wildman–Crippen MR) is 101 cm³/mol. The molecule has 0 spiro atoms. The Balaban J connectivity index is 2.06. The Labute approximate surface area is 147 Å². The molecule has 0 saturated heterocycles. The predicted octanol–water partition coefficient (Wildman–Crippen LogP) is 4.86. The first kappa shape index (κ1) is 17.0. The lowest BCUT2D eigenvalue weighted by molar-refractivity contribution is 0.513. The van der Waals surface area contributed by atoms with E-state index in [0.29, 0.717) is 11.1 Å². The summed E-state index contributed by atoms with van der Waals surface area (Å²) >= 11 is 0. The van der Waals surface area contributed by atoms with Gasteiger partial charge in [0, 0.05) is 5.56 Å². The molecule has 0 aliphatic carbocycles. The molecule has 0 aromatic heterocycles. The molecule has 3 rings (SSSR count). The second-order valence-electron chi connectivity index (χ2n) is 5.76. The number of aliphatic hydroxyl groups is 1. The van der Waals surface area contributed by atoms with E-state index >= 15 is 0 Å². The molecule has 0 unspecified atom stereocenters. The monoisotopic (exact) mass is 350 g/mol. The molecule has 3 aromatic rings. The SMILES string of the molecule is C=C(O)c1ccc(-c2ccccc2)cc1CS(=O)(=O)c1ccccc1. The Hall–Kier alpha value is -2.85. The minimum Gasteiger partial charge on any atom is -0.508 e. The molecule has 0 aliphatic heterocycles. The summed E-state index contributed by atoms with van der Waals surface area (Å²) in [5.74, 6) is -0.343. The summed E-state index contributed by atoms with van der Waals surface area (Å²) in [5, 5.41) is 9.84. The van der Waals surface area contributed by atoms with Crippen molar-refractivity contribution in [3.05, 3.63) is 96.6 Å². The van der Waals surface area contributed by atoms with Gasteiger partial charge in [0.05, 0.1) is 10.6 Å². The lowest BCUT2D eigenvalue weighted by Crippen LogP contribution is -2.07. The van der Waals surface area contributed by atoms with Crippen LogP contribution in [0.25, 0.3) is 16.9 Å². The van der Waals surface area contributed by atoms with E-state index in [1.54, 1.807) is 42.5 Å². The Kier molecular flexibility index (Phi) is 4.72. The molecule has 0 amide bonds. The average Bonchev–Trinajstić information content (AvgIpc) is 2.62. The van der Waals surface area contributed by atoms with E-state index in [4.69, 9.17) is 0 Å². The van der Waals surface area contributed by atoms with Gasteiger partial charge in [0.25, 0.3) is 0 Å². The van der Waals surface area contributed by atoms with E-state index in [1.165, 1.54) is 0 Å². The average molecular weight is 350 g/mol. The third-order valence-corrected chi connectivity index (χ3v) is 5.65. The maximum atomic E-state index is 12.7. The first-order valence-corrected chi connectivity index (χ1v) is 9.47. The maximum Gasteiger partial charge on any atom is 0.182 e. The van der Waals surface area contributed by atoms with Crippen LogP contribution in [0.5, 0.6) is 0 Å². The van der Waals surface area contributed by atoms with Gasteiger partial charge < -0.3 is 5.11 Å². The molecule has 0 atom stereocenters. The van der Waals surface area contributed by atoms with Crippen molar-refractivity contribution in [3.63, 3.8) is 0 Å². The zero-order valence-corrected chi connectivity index (χ0v) is 14.4. The van der Waals surface area contributed by atoms with Gasteiger partial charge in [-0.15, -0.1) is 0 Å². The number of sulfone groups is 1. The molecular formula is C21H18O3S. The van der Waals surface area contributed by atoms with Crippen LogP contribution in [0.1, 0.15) is 11.1 Å². The molecule has 4 heteroatoms. The lowest BCUT2D eigenvalue weighted by atomic mass is 9.99. The van der Waals surface area contributed by atoms with Crippen LogP contribution in [0.3, 0.4) is 0 Å². The van der Waals surface area contributed by atoms with E-state index in [9.17, 15) is 13.5 Å². The normalized spacial score (nSPS) is 11.2. The van der Waals surface area contributed by atoms with Crippen molar-refractivity contribution < 1.29 is 13.5 Å². The summed E-state index contributed by atoms with van der Waals surface area (Å²) < 4.78 is 25.4. The largest absolute Gasteiger partial charge is 0.508 e. The van der Waals surface area contributed by atoms with Gasteiger partial charge in [0.2, 0.25) is 0 Å². The molecule has 3 aromatic carbocycles. The van der Waals surface area contributed by atoms with E-state index < -0.39 is 9.84 Å². The summed E-state index contributed by atoms with van der Waals surface area (Å²) in [6.07, 6.45) is 0. The van der Waals surface area contributed by atoms with E-state index in [1.807, 2.05) is 36.4 Å². The Bertz CT molecular complexity index is 992. The van der Waals surface area contributed by atoms with Crippen molar-refractivity contribution in [1.82, 2.24) is 0 Å². The van der Waals surface area contributed by atoms with Crippen LogP contribution in [-0.2, 0) is 15.6 Å². The highest BCUT2D eigenvalue weighted by molar-refractivity contribution is 7.90. The van der Waals surface area contributed by atoms with Crippen LogP contribution < -0.4 is 0 Å². The fraction of sp³-hybridized carbons (Fsp3) is 0.0476. The van der Waals surface area contributed by atoms with Gasteiger partial charge in [-0.25, -0.2) is 8.42 Å². The van der Waals surface area contributed by atoms with Gasteiger partial charge in [-0.2, -0.15) is 0 Å². The molecule has 0 aliphatic rings. The van der Waals surface area contributed by atoms with Crippen LogP contribution >= 0.6 is 0 Å². The number of benzene rings is 3. The standard InChI is InChI=1S/C21H18O3S/c1-16(22)21-13-12-18(17-8-4-2-5-9-17)14-19(21)15-25(23,24)20-10-6-3-7-11-20/h2-14,22H,1,15H2. The van der Waals surface area contributed by atoms with Gasteiger partial charge in [-0.3, -0.25) is 0 Å². The van der Waals surface area contributed by atoms with Gasteiger partial charge in [-0.05, 0) is 34.9 Å². The third-order valence-electron chi connectivity index (χ3n) is 3.97. The molecular weight excluding hydrogens is 332 g/mol. The zero-order valence-electron chi connectivity index (χ0n) is 13.6. The smallest absolute Gasteiger partial charge is 0.182 e. The number of hydrogen-bond donors (Lipinski definition) is 1. The fourth-order valence-corrected chi connectivity index (χ4v) is 4.11. The quantitative estimate of drug-likeness (QED) is 0.669. The number of hydrogen-bond acceptors (Lipinski definition) is 3. The van der Waals surface area contributed by atoms with Gasteiger partial charge in [-0.1, -0.05) is 67.2 Å². The minimum absolute atomic E-state index is 0.141. The molecule has 25 heavy (non-hydrogen) atoms. The summed E-state index contributed by atoms with van der Waals surface area (Å²) in [4.78, 5) is 0.259. The minimum atomic E-state index is -3.52. The van der Waals surface area contributed by atoms with Crippen LogP contribution in [0.4, 0.5) is 0 Å². The highest BCUT2D eigenvalue weighted by Crippen LogP contribution is 2.28. The van der Waals surface area contributed by atoms with Gasteiger partial charge in [0.15, 0.2) is 9.84 Å². The van der Waals surface area contributed by atoms with Crippen LogP contribution in [0.2, 0.25) is 0 Å². The van der Waals surface area contributed by atoms with Crippen molar-refractivity contribution in [3.8, 4) is 11.1 Å². The van der Waals surface area contributed by atoms with Crippen LogP contribution in [0, 0.1) is 0 Å². The fourth-order valence-electron chi connectivity index (χ4n) is 2.72. The van der Waals surface area contributed by atoms with E-state index in [-0.39, 0.29) is 16.4 Å². The third kappa shape index (κ3) is 3.80. The highest BCUT2D eigenvalue weighted by Gasteiger charge is 2.18. The van der Waals surface area contributed by atoms with Crippen molar-refractivity contribution in [2.45, 2.75) is 10.6 Å². The van der Waals surface area contributed by atoms with Crippen molar-refractivity contribution in [1.29, 1.82) is 0 Å². The maximum absolute atomic E-state index is 12.7. The van der Waals surface area contributed by atoms with Crippen LogP contribution in [-0.4, -0.2) is 13.5 Å². The Morgan fingerprint density at radius 3 is 2.04 bits per heavy atom. The zero-order chi connectivity index (χ0) is 17.9. The topological polar surface area (TPSA) is 54.4 Å². The van der Waals surface area contributed by atoms with Gasteiger partial charge >= 0.3 is 0 Å². The molecule has 0 radical (unpaired) electrons. The molecule has 0 heterocycles. The summed E-state index contributed by atoms with van der Waals surface area (Å²) in [7, 11) is -3.52. The molecule has 0 saturated carbocycles. The Morgan fingerprint density at radius 2 is 1.44 bits per heavy atom. The lowest BCUT2D eigenvalue weighted by Gasteiger charge is -2.12. The molecule has 0 bridgehead atoms. The second-order valence-corrected chi connectivity index (χ2v) is 7.75. The number of rotatable bonds is 5. The highest BCUT2D eigenvalue weighted by atomic mass is 32.2. The van der Waals surface area contributed by atoms with Crippen LogP contribution in [0.15, 0.2) is 90.3 Å². The first-order valence-electron chi connectivity index (χ1n) is 7.82. The first-order chi connectivity index (χ1) is 12.0. The molecule has 126 valence electrons. The van der Waals surface area contributed by atoms with Crippen molar-refractivity contribution in [2.75, 3.05) is 0 Å². The summed E-state index contributed by atoms with van der Waals surface area (Å²) in [6.45, 7) is 3.55.